The van der Waals surface area contributed by atoms with E-state index in [0.717, 1.165) is 0 Å². The van der Waals surface area contributed by atoms with Crippen molar-refractivity contribution in [3.8, 4) is 0 Å². The fraction of sp³-hybridized carbons (Fsp3) is 0.643. The fourth-order valence-corrected chi connectivity index (χ4v) is 2.22. The summed E-state index contributed by atoms with van der Waals surface area (Å²) in [7, 11) is 0. The highest BCUT2D eigenvalue weighted by Gasteiger charge is 2.28. The molecule has 2 heterocycles. The van der Waals surface area contributed by atoms with Crippen molar-refractivity contribution in [2.75, 3.05) is 13.2 Å². The number of carbonyl (C=O) groups is 1. The first-order valence-electron chi connectivity index (χ1n) is 7.21. The Hall–Kier alpha value is -2.25. The molecule has 1 aliphatic heterocycles. The maximum Gasteiger partial charge on any atom is 0.410 e. The molecule has 1 aliphatic rings. The summed E-state index contributed by atoms with van der Waals surface area (Å²) < 4.78 is 6.00. The third kappa shape index (κ3) is 3.32. The smallest absolute Gasteiger partial charge is 0.410 e. The third-order valence-electron chi connectivity index (χ3n) is 3.14. The van der Waals surface area contributed by atoms with Crippen molar-refractivity contribution in [3.63, 3.8) is 0 Å². The van der Waals surface area contributed by atoms with E-state index in [2.05, 4.69) is 4.98 Å². The largest absolute Gasteiger partial charge is 0.444 e. The molecule has 1 aromatic heterocycles. The van der Waals surface area contributed by atoms with Crippen LogP contribution in [0.15, 0.2) is 9.59 Å². The highest BCUT2D eigenvalue weighted by Crippen LogP contribution is 2.16. The number of carbonyl (C=O) groups excluding carboxylic acids is 1. The predicted molar refractivity (Wildman–Crippen MR) is 78.8 cm³/mol. The van der Waals surface area contributed by atoms with Crippen LogP contribution in [0.4, 0.5) is 4.79 Å². The van der Waals surface area contributed by atoms with Gasteiger partial charge in [0.25, 0.3) is 5.56 Å². The van der Waals surface area contributed by atoms with Gasteiger partial charge in [0.05, 0.1) is 12.1 Å². The van der Waals surface area contributed by atoms with Crippen LogP contribution in [0.3, 0.4) is 0 Å². The Bertz CT molecular complexity index is 683. The monoisotopic (exact) mass is 311 g/mol. The molecule has 8 nitrogen and oxygen atoms in total. The van der Waals surface area contributed by atoms with Crippen LogP contribution in [0, 0.1) is 0 Å². The van der Waals surface area contributed by atoms with Crippen molar-refractivity contribution >= 4 is 6.09 Å². The molecular formula is C14H21N3O5. The van der Waals surface area contributed by atoms with Crippen molar-refractivity contribution in [1.29, 1.82) is 0 Å². The van der Waals surface area contributed by atoms with Crippen LogP contribution in [0.5, 0.6) is 0 Å². The lowest BCUT2D eigenvalue weighted by Crippen LogP contribution is -2.48. The van der Waals surface area contributed by atoms with Gasteiger partial charge in [-0.2, -0.15) is 0 Å². The number of nitrogens with one attached hydrogen (secondary N) is 1. The van der Waals surface area contributed by atoms with Gasteiger partial charge in [-0.05, 0) is 27.7 Å². The van der Waals surface area contributed by atoms with Crippen LogP contribution >= 0.6 is 0 Å². The lowest BCUT2D eigenvalue weighted by Gasteiger charge is -2.30. The van der Waals surface area contributed by atoms with Gasteiger partial charge in [-0.15, -0.1) is 0 Å². The van der Waals surface area contributed by atoms with E-state index in [4.69, 9.17) is 9.57 Å². The van der Waals surface area contributed by atoms with Gasteiger partial charge in [-0.3, -0.25) is 4.79 Å². The molecule has 0 radical (unpaired) electrons. The summed E-state index contributed by atoms with van der Waals surface area (Å²) in [5.41, 5.74) is -0.838. The first-order valence-corrected chi connectivity index (χ1v) is 7.21. The lowest BCUT2D eigenvalue weighted by atomic mass is 10.1. The molecule has 0 fully saturated rings. The summed E-state index contributed by atoms with van der Waals surface area (Å²) >= 11 is 0. The Labute approximate surface area is 127 Å². The maximum absolute atomic E-state index is 12.3. The van der Waals surface area contributed by atoms with Crippen LogP contribution in [0.25, 0.3) is 0 Å². The zero-order valence-corrected chi connectivity index (χ0v) is 13.3. The van der Waals surface area contributed by atoms with E-state index in [1.165, 1.54) is 4.90 Å². The van der Waals surface area contributed by atoms with Crippen LogP contribution in [0.2, 0.25) is 0 Å². The van der Waals surface area contributed by atoms with Crippen molar-refractivity contribution < 1.29 is 14.4 Å². The average molecular weight is 311 g/mol. The molecule has 0 aromatic carbocycles. The summed E-state index contributed by atoms with van der Waals surface area (Å²) in [6.07, 6.45) is -0.0850. The number of H-pyrrole nitrogens is 1. The van der Waals surface area contributed by atoms with E-state index < -0.39 is 22.9 Å². The molecule has 2 rings (SSSR count). The van der Waals surface area contributed by atoms with Crippen molar-refractivity contribution in [3.05, 3.63) is 32.1 Å². The summed E-state index contributed by atoms with van der Waals surface area (Å²) in [5.74, 6) is 0. The quantitative estimate of drug-likeness (QED) is 0.846. The van der Waals surface area contributed by atoms with Gasteiger partial charge in [0.2, 0.25) is 0 Å². The second kappa shape index (κ2) is 5.86. The molecule has 0 aliphatic carbocycles. The van der Waals surface area contributed by atoms with Crippen LogP contribution in [-0.2, 0) is 17.7 Å². The second-order valence-corrected chi connectivity index (χ2v) is 6.06. The molecule has 0 saturated carbocycles. The van der Waals surface area contributed by atoms with E-state index >= 15 is 0 Å². The van der Waals surface area contributed by atoms with Crippen LogP contribution < -0.4 is 16.1 Å². The van der Waals surface area contributed by atoms with E-state index in [-0.39, 0.29) is 13.2 Å². The Balaban J connectivity index is 2.30. The topological polar surface area (TPSA) is 93.6 Å². The molecule has 1 N–H and O–H groups in total. The molecule has 22 heavy (non-hydrogen) atoms. The van der Waals surface area contributed by atoms with Gasteiger partial charge >= 0.3 is 11.8 Å². The summed E-state index contributed by atoms with van der Waals surface area (Å²) in [6.45, 7) is 7.69. The SMILES string of the molecule is CCOn1c(=O)[nH]c2c(c1=O)CN(C(=O)OC(C)(C)C)CC2. The average Bonchev–Trinajstić information content (AvgIpc) is 2.41. The minimum atomic E-state index is -0.603. The second-order valence-electron chi connectivity index (χ2n) is 6.06. The van der Waals surface area contributed by atoms with Gasteiger partial charge in [-0.25, -0.2) is 9.59 Å². The van der Waals surface area contributed by atoms with E-state index in [1.54, 1.807) is 27.7 Å². The van der Waals surface area contributed by atoms with Gasteiger partial charge in [0, 0.05) is 18.7 Å². The normalized spacial score (nSPS) is 14.5. The number of fused-ring (bicyclic) bond motifs is 1. The molecule has 122 valence electrons. The summed E-state index contributed by atoms with van der Waals surface area (Å²) in [6, 6.07) is 0. The van der Waals surface area contributed by atoms with E-state index in [1.807, 2.05) is 0 Å². The number of hydrogen-bond donors (Lipinski definition) is 1. The maximum atomic E-state index is 12.3. The number of aromatic amines is 1. The van der Waals surface area contributed by atoms with Gasteiger partial charge in [0.1, 0.15) is 12.2 Å². The molecule has 1 aromatic rings. The zero-order chi connectivity index (χ0) is 16.5. The molecule has 0 bridgehead atoms. The predicted octanol–water partition coefficient (Wildman–Crippen LogP) is 0.278. The Morgan fingerprint density at radius 2 is 2.00 bits per heavy atom. The Kier molecular flexibility index (Phi) is 4.30. The molecule has 0 atom stereocenters. The molecule has 0 spiro atoms. The van der Waals surface area contributed by atoms with Crippen LogP contribution in [0.1, 0.15) is 39.0 Å². The first kappa shape index (κ1) is 16.1. The first-order chi connectivity index (χ1) is 10.2. The van der Waals surface area contributed by atoms with Gasteiger partial charge < -0.3 is 19.5 Å². The highest BCUT2D eigenvalue weighted by molar-refractivity contribution is 5.68. The highest BCUT2D eigenvalue weighted by atomic mass is 16.7. The van der Waals surface area contributed by atoms with E-state index in [9.17, 15) is 14.4 Å². The summed E-state index contributed by atoms with van der Waals surface area (Å²) in [5, 5.41) is 0. The minimum Gasteiger partial charge on any atom is -0.444 e. The molecule has 8 heteroatoms. The fourth-order valence-electron chi connectivity index (χ4n) is 2.22. The van der Waals surface area contributed by atoms with Crippen LogP contribution in [-0.4, -0.2) is 39.5 Å². The lowest BCUT2D eigenvalue weighted by molar-refractivity contribution is 0.0216. The number of hydrogen-bond acceptors (Lipinski definition) is 5. The minimum absolute atomic E-state index is 0.0902. The van der Waals surface area contributed by atoms with Gasteiger partial charge in [-0.1, -0.05) is 4.73 Å². The standard InChI is InChI=1S/C14H21N3O5/c1-5-21-17-11(18)9-8-16(13(20)22-14(2,3)4)7-6-10(9)15-12(17)19/h5-8H2,1-4H3,(H,15,19). The number of aromatic nitrogens is 2. The molecular weight excluding hydrogens is 290 g/mol. The molecule has 1 amide bonds. The number of amides is 1. The van der Waals surface area contributed by atoms with Crippen molar-refractivity contribution in [1.82, 2.24) is 14.6 Å². The number of rotatable bonds is 2. The molecule has 0 saturated heterocycles. The number of nitrogens with zero attached hydrogens (tertiary/aromatic N) is 2. The van der Waals surface area contributed by atoms with Crippen molar-refractivity contribution in [2.45, 2.75) is 46.3 Å². The summed E-state index contributed by atoms with van der Waals surface area (Å²) in [4.78, 5) is 45.3. The van der Waals surface area contributed by atoms with E-state index in [0.29, 0.717) is 29.0 Å². The Morgan fingerprint density at radius 3 is 2.59 bits per heavy atom. The van der Waals surface area contributed by atoms with Gasteiger partial charge in [0.15, 0.2) is 0 Å². The zero-order valence-electron chi connectivity index (χ0n) is 13.3. The van der Waals surface area contributed by atoms with Crippen molar-refractivity contribution in [2.24, 2.45) is 0 Å². The number of ether oxygens (including phenoxy) is 1. The Morgan fingerprint density at radius 1 is 1.32 bits per heavy atom. The molecule has 0 unspecified atom stereocenters. The third-order valence-corrected chi connectivity index (χ3v) is 3.14.